The second-order valence-electron chi connectivity index (χ2n) is 5.33. The number of benzene rings is 1. The summed E-state index contributed by atoms with van der Waals surface area (Å²) in [4.78, 5) is 4.76. The molecule has 0 spiro atoms. The zero-order chi connectivity index (χ0) is 12.5. The minimum Gasteiger partial charge on any atom is -0.461 e. The van der Waals surface area contributed by atoms with E-state index in [1.165, 1.54) is 16.7 Å². The first-order valence-corrected chi connectivity index (χ1v) is 6.60. The number of hydrogen-bond donors (Lipinski definition) is 0. The van der Waals surface area contributed by atoms with Crippen molar-refractivity contribution in [2.75, 3.05) is 33.7 Å². The lowest BCUT2D eigenvalue weighted by atomic mass is 10.0. The monoisotopic (exact) mass is 244 g/mol. The van der Waals surface area contributed by atoms with Crippen molar-refractivity contribution in [2.45, 2.75) is 13.0 Å². The predicted molar refractivity (Wildman–Crippen MR) is 73.7 cm³/mol. The van der Waals surface area contributed by atoms with E-state index < -0.39 is 0 Å². The topological polar surface area (TPSA) is 19.6 Å². The van der Waals surface area contributed by atoms with E-state index in [1.54, 1.807) is 0 Å². The minimum atomic E-state index is 1.03. The maximum Gasteiger partial charge on any atom is 0.134 e. The number of fused-ring (bicyclic) bond motifs is 3. The Morgan fingerprint density at radius 2 is 2.11 bits per heavy atom. The third kappa shape index (κ3) is 2.16. The lowest BCUT2D eigenvalue weighted by Gasteiger charge is -2.27. The molecule has 0 radical (unpaired) electrons. The average Bonchev–Trinajstić information content (AvgIpc) is 2.74. The summed E-state index contributed by atoms with van der Waals surface area (Å²) in [6, 6.07) is 8.38. The fourth-order valence-corrected chi connectivity index (χ4v) is 2.62. The van der Waals surface area contributed by atoms with Crippen LogP contribution in [-0.2, 0) is 13.0 Å². The fourth-order valence-electron chi connectivity index (χ4n) is 2.62. The van der Waals surface area contributed by atoms with Gasteiger partial charge in [-0.15, -0.1) is 0 Å². The van der Waals surface area contributed by atoms with Crippen molar-refractivity contribution >= 4 is 11.0 Å². The van der Waals surface area contributed by atoms with Crippen molar-refractivity contribution < 1.29 is 4.42 Å². The van der Waals surface area contributed by atoms with Crippen molar-refractivity contribution in [1.29, 1.82) is 0 Å². The van der Waals surface area contributed by atoms with E-state index in [9.17, 15) is 0 Å². The number of para-hydroxylation sites is 1. The van der Waals surface area contributed by atoms with Crippen molar-refractivity contribution in [3.63, 3.8) is 0 Å². The summed E-state index contributed by atoms with van der Waals surface area (Å²) in [7, 11) is 4.26. The smallest absolute Gasteiger partial charge is 0.134 e. The Balaban J connectivity index is 1.83. The van der Waals surface area contributed by atoms with Crippen LogP contribution in [0.3, 0.4) is 0 Å². The molecule has 1 aromatic heterocycles. The Kier molecular flexibility index (Phi) is 3.10. The number of hydrogen-bond acceptors (Lipinski definition) is 3. The van der Waals surface area contributed by atoms with Gasteiger partial charge in [-0.05, 0) is 20.2 Å². The fraction of sp³-hybridized carbons (Fsp3) is 0.467. The highest BCUT2D eigenvalue weighted by molar-refractivity contribution is 5.82. The summed E-state index contributed by atoms with van der Waals surface area (Å²) in [6.45, 7) is 4.39. The molecule has 2 aromatic rings. The molecule has 18 heavy (non-hydrogen) atoms. The Morgan fingerprint density at radius 1 is 1.28 bits per heavy atom. The van der Waals surface area contributed by atoms with Crippen molar-refractivity contribution in [1.82, 2.24) is 9.80 Å². The number of likely N-dealkylation sites (N-methyl/N-ethyl adjacent to an activating group) is 1. The van der Waals surface area contributed by atoms with E-state index in [2.05, 4.69) is 42.1 Å². The van der Waals surface area contributed by atoms with Gasteiger partial charge in [-0.3, -0.25) is 4.90 Å². The summed E-state index contributed by atoms with van der Waals surface area (Å²) in [5.41, 5.74) is 2.44. The van der Waals surface area contributed by atoms with Crippen molar-refractivity contribution in [3.05, 3.63) is 35.6 Å². The van der Waals surface area contributed by atoms with E-state index in [1.807, 2.05) is 6.07 Å². The Hall–Kier alpha value is -1.32. The van der Waals surface area contributed by atoms with Crippen LogP contribution in [0, 0.1) is 0 Å². The van der Waals surface area contributed by atoms with E-state index in [-0.39, 0.29) is 0 Å². The van der Waals surface area contributed by atoms with Crippen molar-refractivity contribution in [3.8, 4) is 0 Å². The van der Waals surface area contributed by atoms with Gasteiger partial charge in [-0.2, -0.15) is 0 Å². The Labute approximate surface area is 108 Å². The molecule has 0 fully saturated rings. The van der Waals surface area contributed by atoms with Crippen LogP contribution in [0.25, 0.3) is 11.0 Å². The van der Waals surface area contributed by atoms with E-state index in [4.69, 9.17) is 4.42 Å². The molecule has 0 N–H and O–H groups in total. The van der Waals surface area contributed by atoms with Crippen LogP contribution in [0.1, 0.15) is 11.3 Å². The maximum atomic E-state index is 5.93. The first-order chi connectivity index (χ1) is 8.74. The molecule has 96 valence electrons. The summed E-state index contributed by atoms with van der Waals surface area (Å²) in [6.07, 6.45) is 1.04. The minimum absolute atomic E-state index is 1.03. The zero-order valence-corrected chi connectivity index (χ0v) is 11.1. The summed E-state index contributed by atoms with van der Waals surface area (Å²) in [5, 5.41) is 1.29. The van der Waals surface area contributed by atoms with Gasteiger partial charge >= 0.3 is 0 Å². The first kappa shape index (κ1) is 11.8. The largest absolute Gasteiger partial charge is 0.461 e. The second-order valence-corrected chi connectivity index (χ2v) is 5.33. The van der Waals surface area contributed by atoms with E-state index >= 15 is 0 Å². The third-order valence-corrected chi connectivity index (χ3v) is 3.68. The lowest BCUT2D eigenvalue weighted by Crippen LogP contribution is -2.35. The molecule has 2 heterocycles. The predicted octanol–water partition coefficient (Wildman–Crippen LogP) is 2.35. The van der Waals surface area contributed by atoms with Gasteiger partial charge in [0.1, 0.15) is 11.3 Å². The molecule has 1 aliphatic heterocycles. The molecule has 0 saturated carbocycles. The quantitative estimate of drug-likeness (QED) is 0.826. The summed E-state index contributed by atoms with van der Waals surface area (Å²) in [5.74, 6) is 1.19. The number of rotatable bonds is 3. The molecule has 3 heteroatoms. The standard InChI is InChI=1S/C15H20N2O/c1-16(2)9-10-17-8-7-15-13(11-17)12-5-3-4-6-14(12)18-15/h3-6H,7-11H2,1-2H3. The van der Waals surface area contributed by atoms with Gasteiger partial charge in [0.15, 0.2) is 0 Å². The third-order valence-electron chi connectivity index (χ3n) is 3.68. The molecule has 0 atom stereocenters. The van der Waals surface area contributed by atoms with Crippen LogP contribution in [-0.4, -0.2) is 43.5 Å². The number of furan rings is 1. The van der Waals surface area contributed by atoms with Gasteiger partial charge < -0.3 is 9.32 Å². The van der Waals surface area contributed by atoms with Crippen molar-refractivity contribution in [2.24, 2.45) is 0 Å². The molecule has 0 saturated heterocycles. The normalized spacial score (nSPS) is 16.4. The van der Waals surface area contributed by atoms with Crippen LogP contribution in [0.15, 0.2) is 28.7 Å². The lowest BCUT2D eigenvalue weighted by molar-refractivity contribution is 0.218. The second kappa shape index (κ2) is 4.75. The van der Waals surface area contributed by atoms with Gasteiger partial charge in [0.05, 0.1) is 0 Å². The maximum absolute atomic E-state index is 5.93. The SMILES string of the molecule is CN(C)CCN1CCc2oc3ccccc3c2C1. The van der Waals surface area contributed by atoms with Crippen LogP contribution >= 0.6 is 0 Å². The molecule has 1 aliphatic rings. The van der Waals surface area contributed by atoms with Crippen LogP contribution in [0.4, 0.5) is 0 Å². The molecule has 0 amide bonds. The molecule has 3 nitrogen and oxygen atoms in total. The average molecular weight is 244 g/mol. The highest BCUT2D eigenvalue weighted by atomic mass is 16.3. The summed E-state index contributed by atoms with van der Waals surface area (Å²) < 4.78 is 5.93. The Morgan fingerprint density at radius 3 is 2.94 bits per heavy atom. The van der Waals surface area contributed by atoms with Crippen LogP contribution < -0.4 is 0 Å². The summed E-state index contributed by atoms with van der Waals surface area (Å²) >= 11 is 0. The highest BCUT2D eigenvalue weighted by Crippen LogP contribution is 2.30. The molecule has 3 rings (SSSR count). The van der Waals surface area contributed by atoms with E-state index in [0.29, 0.717) is 0 Å². The zero-order valence-electron chi connectivity index (χ0n) is 11.1. The molecular weight excluding hydrogens is 224 g/mol. The van der Waals surface area contributed by atoms with Crippen LogP contribution in [0.2, 0.25) is 0 Å². The van der Waals surface area contributed by atoms with Gasteiger partial charge in [-0.1, -0.05) is 18.2 Å². The molecule has 0 bridgehead atoms. The first-order valence-electron chi connectivity index (χ1n) is 6.60. The van der Waals surface area contributed by atoms with Gasteiger partial charge in [0.25, 0.3) is 0 Å². The highest BCUT2D eigenvalue weighted by Gasteiger charge is 2.21. The van der Waals surface area contributed by atoms with Gasteiger partial charge in [-0.25, -0.2) is 0 Å². The number of nitrogens with zero attached hydrogens (tertiary/aromatic N) is 2. The van der Waals surface area contributed by atoms with Gasteiger partial charge in [0.2, 0.25) is 0 Å². The van der Waals surface area contributed by atoms with E-state index in [0.717, 1.165) is 38.2 Å². The van der Waals surface area contributed by atoms with Crippen LogP contribution in [0.5, 0.6) is 0 Å². The molecule has 0 unspecified atom stereocenters. The Bertz CT molecular complexity index is 544. The molecular formula is C15H20N2O. The molecule has 0 aliphatic carbocycles. The molecule has 1 aromatic carbocycles. The van der Waals surface area contributed by atoms with Gasteiger partial charge in [0, 0.05) is 43.5 Å².